The number of alkyl halides is 2. The van der Waals surface area contributed by atoms with Crippen LogP contribution in [0.4, 0.5) is 23.4 Å². The second kappa shape index (κ2) is 9.18. The summed E-state index contributed by atoms with van der Waals surface area (Å²) in [6.07, 6.45) is 4.24. The van der Waals surface area contributed by atoms with Crippen LogP contribution in [0.3, 0.4) is 0 Å². The molecule has 4 heterocycles. The predicted molar refractivity (Wildman–Crippen MR) is 124 cm³/mol. The summed E-state index contributed by atoms with van der Waals surface area (Å²) in [6, 6.07) is 2.18. The number of hydrogen-bond acceptors (Lipinski definition) is 5. The van der Waals surface area contributed by atoms with Crippen LogP contribution >= 0.6 is 0 Å². The van der Waals surface area contributed by atoms with Gasteiger partial charge in [-0.05, 0) is 25.0 Å². The normalized spacial score (nSPS) is 16.8. The zero-order chi connectivity index (χ0) is 25.6. The van der Waals surface area contributed by atoms with Gasteiger partial charge in [0.15, 0.2) is 5.82 Å². The average molecular weight is 503 g/mol. The van der Waals surface area contributed by atoms with Crippen LogP contribution in [0.25, 0.3) is 11.3 Å². The van der Waals surface area contributed by atoms with E-state index in [1.54, 1.807) is 22.8 Å². The van der Waals surface area contributed by atoms with Crippen molar-refractivity contribution in [2.75, 3.05) is 24.5 Å². The second-order valence-corrected chi connectivity index (χ2v) is 9.39. The Bertz CT molecular complexity index is 1300. The van der Waals surface area contributed by atoms with Crippen LogP contribution in [0.5, 0.6) is 0 Å². The van der Waals surface area contributed by atoms with Gasteiger partial charge in [-0.1, -0.05) is 0 Å². The molecule has 0 saturated carbocycles. The number of halogens is 4. The number of anilines is 1. The monoisotopic (exact) mass is 502 g/mol. The summed E-state index contributed by atoms with van der Waals surface area (Å²) in [5.74, 6) is -6.08. The number of hydrogen-bond donors (Lipinski definition) is 0. The van der Waals surface area contributed by atoms with E-state index in [9.17, 15) is 13.6 Å². The number of aryl methyl sites for hydroxylation is 1. The van der Waals surface area contributed by atoms with Crippen LogP contribution in [0.15, 0.2) is 30.6 Å². The number of carbonyl (C=O) groups is 1. The number of amides is 1. The zero-order valence-electron chi connectivity index (χ0n) is 20.0. The summed E-state index contributed by atoms with van der Waals surface area (Å²) in [5, 5.41) is 4.23. The van der Waals surface area contributed by atoms with Crippen LogP contribution in [0.2, 0.25) is 0 Å². The van der Waals surface area contributed by atoms with Crippen LogP contribution in [-0.2, 0) is 30.7 Å². The van der Waals surface area contributed by atoms with Gasteiger partial charge in [0.05, 0.1) is 29.7 Å². The van der Waals surface area contributed by atoms with Crippen LogP contribution < -0.4 is 4.90 Å². The highest BCUT2D eigenvalue weighted by Crippen LogP contribution is 2.43. The van der Waals surface area contributed by atoms with E-state index in [1.807, 2.05) is 11.1 Å². The van der Waals surface area contributed by atoms with Crippen molar-refractivity contribution in [3.63, 3.8) is 0 Å². The fourth-order valence-corrected chi connectivity index (χ4v) is 4.98. The van der Waals surface area contributed by atoms with Crippen molar-refractivity contribution < 1.29 is 22.4 Å². The maximum absolute atomic E-state index is 15.2. The molecule has 0 atom stereocenters. The molecule has 5 rings (SSSR count). The van der Waals surface area contributed by atoms with Gasteiger partial charge in [0.2, 0.25) is 5.91 Å². The minimum Gasteiger partial charge on any atom is -0.355 e. The molecular weight excluding hydrogens is 476 g/mol. The van der Waals surface area contributed by atoms with Gasteiger partial charge in [0, 0.05) is 63.8 Å². The van der Waals surface area contributed by atoms with Gasteiger partial charge < -0.3 is 9.80 Å². The third-order valence-electron chi connectivity index (χ3n) is 7.01. The third-order valence-corrected chi connectivity index (χ3v) is 7.01. The predicted octanol–water partition coefficient (Wildman–Crippen LogP) is 4.07. The number of aromatic nitrogens is 4. The van der Waals surface area contributed by atoms with Gasteiger partial charge in [0.1, 0.15) is 17.3 Å². The highest BCUT2D eigenvalue weighted by atomic mass is 19.3. The molecule has 1 fully saturated rings. The standard InChI is InChI=1S/C25H26F4N6O/c1-15(36)35-10-7-21-22(14-35)31-23(16-12-30-33(2)13-16)24(32-21)34-8-5-17(6-9-34)25(28,29)19-4-3-18(26)11-20(19)27/h3-4,11-13,17H,5-10,14H2,1-2H3. The molecule has 7 nitrogen and oxygen atoms in total. The number of piperidine rings is 1. The van der Waals surface area contributed by atoms with E-state index in [-0.39, 0.29) is 31.8 Å². The molecule has 0 N–H and O–H groups in total. The molecule has 0 unspecified atom stereocenters. The Hall–Kier alpha value is -3.50. The summed E-state index contributed by atoms with van der Waals surface area (Å²) in [4.78, 5) is 25.3. The minimum absolute atomic E-state index is 0.0324. The first kappa shape index (κ1) is 24.2. The van der Waals surface area contributed by atoms with E-state index < -0.39 is 29.0 Å². The maximum Gasteiger partial charge on any atom is 0.278 e. The molecule has 11 heteroatoms. The summed E-state index contributed by atoms with van der Waals surface area (Å²) < 4.78 is 59.4. The number of benzene rings is 1. The van der Waals surface area contributed by atoms with Crippen molar-refractivity contribution >= 4 is 11.7 Å². The molecule has 3 aromatic rings. The number of fused-ring (bicyclic) bond motifs is 1. The SMILES string of the molecule is CC(=O)N1CCc2nc(N3CCC(C(F)(F)c4ccc(F)cc4F)CC3)c(-c3cnn(C)c3)nc2C1. The van der Waals surface area contributed by atoms with E-state index in [4.69, 9.17) is 9.97 Å². The van der Waals surface area contributed by atoms with Gasteiger partial charge in [0.25, 0.3) is 5.92 Å². The van der Waals surface area contributed by atoms with Gasteiger partial charge in [-0.3, -0.25) is 9.48 Å². The molecule has 0 radical (unpaired) electrons. The Morgan fingerprint density at radius 3 is 2.47 bits per heavy atom. The molecule has 0 bridgehead atoms. The number of nitrogens with zero attached hydrogens (tertiary/aromatic N) is 6. The van der Waals surface area contributed by atoms with Crippen LogP contribution in [0.1, 0.15) is 36.7 Å². The Kier molecular flexibility index (Phi) is 6.17. The summed E-state index contributed by atoms with van der Waals surface area (Å²) in [6.45, 7) is 2.99. The van der Waals surface area contributed by atoms with E-state index in [0.29, 0.717) is 42.8 Å². The van der Waals surface area contributed by atoms with Gasteiger partial charge >= 0.3 is 0 Å². The lowest BCUT2D eigenvalue weighted by atomic mass is 9.86. The zero-order valence-corrected chi connectivity index (χ0v) is 20.0. The minimum atomic E-state index is -3.42. The van der Waals surface area contributed by atoms with Gasteiger partial charge in [-0.15, -0.1) is 0 Å². The molecule has 2 aliphatic rings. The molecule has 1 amide bonds. The lowest BCUT2D eigenvalue weighted by Gasteiger charge is -2.37. The molecule has 1 aromatic carbocycles. The van der Waals surface area contributed by atoms with Gasteiger partial charge in [-0.2, -0.15) is 5.10 Å². The Morgan fingerprint density at radius 2 is 1.83 bits per heavy atom. The molecule has 36 heavy (non-hydrogen) atoms. The Labute approximate surface area is 205 Å². The number of carbonyl (C=O) groups excluding carboxylic acids is 1. The molecule has 0 spiro atoms. The van der Waals surface area contributed by atoms with E-state index >= 15 is 8.78 Å². The van der Waals surface area contributed by atoms with Crippen molar-refractivity contribution in [2.45, 2.75) is 38.7 Å². The van der Waals surface area contributed by atoms with Crippen molar-refractivity contribution in [1.82, 2.24) is 24.6 Å². The molecular formula is C25H26F4N6O. The number of rotatable bonds is 4. The summed E-state index contributed by atoms with van der Waals surface area (Å²) >= 11 is 0. The lowest BCUT2D eigenvalue weighted by molar-refractivity contribution is -0.129. The maximum atomic E-state index is 15.2. The first-order valence-corrected chi connectivity index (χ1v) is 11.9. The highest BCUT2D eigenvalue weighted by Gasteiger charge is 2.45. The fraction of sp³-hybridized carbons (Fsp3) is 0.440. The van der Waals surface area contributed by atoms with E-state index in [2.05, 4.69) is 5.10 Å². The summed E-state index contributed by atoms with van der Waals surface area (Å²) in [5.41, 5.74) is 2.05. The summed E-state index contributed by atoms with van der Waals surface area (Å²) in [7, 11) is 1.79. The molecule has 0 aliphatic carbocycles. The highest BCUT2D eigenvalue weighted by molar-refractivity contribution is 5.74. The van der Waals surface area contributed by atoms with Crippen molar-refractivity contribution in [3.8, 4) is 11.3 Å². The smallest absolute Gasteiger partial charge is 0.278 e. The van der Waals surface area contributed by atoms with E-state index in [1.165, 1.54) is 6.92 Å². The molecule has 190 valence electrons. The van der Waals surface area contributed by atoms with Gasteiger partial charge in [-0.25, -0.2) is 27.5 Å². The second-order valence-electron chi connectivity index (χ2n) is 9.39. The Balaban J connectivity index is 1.42. The molecule has 1 saturated heterocycles. The first-order chi connectivity index (χ1) is 17.1. The van der Waals surface area contributed by atoms with Crippen molar-refractivity contribution in [2.24, 2.45) is 13.0 Å². The fourth-order valence-electron chi connectivity index (χ4n) is 4.98. The molecule has 2 aromatic heterocycles. The van der Waals surface area contributed by atoms with Crippen LogP contribution in [-0.4, -0.2) is 50.2 Å². The quantitative estimate of drug-likeness (QED) is 0.504. The first-order valence-electron chi connectivity index (χ1n) is 11.9. The van der Waals surface area contributed by atoms with E-state index in [0.717, 1.165) is 23.4 Å². The lowest BCUT2D eigenvalue weighted by Crippen LogP contribution is -2.41. The van der Waals surface area contributed by atoms with Crippen LogP contribution in [0, 0.1) is 17.6 Å². The molecule has 2 aliphatic heterocycles. The Morgan fingerprint density at radius 1 is 1.08 bits per heavy atom. The topological polar surface area (TPSA) is 67.2 Å². The van der Waals surface area contributed by atoms with Crippen molar-refractivity contribution in [3.05, 3.63) is 59.2 Å². The third kappa shape index (κ3) is 4.42. The average Bonchev–Trinajstić information content (AvgIpc) is 3.28. The largest absolute Gasteiger partial charge is 0.355 e. The van der Waals surface area contributed by atoms with Crippen molar-refractivity contribution in [1.29, 1.82) is 0 Å².